The van der Waals surface area contributed by atoms with Crippen LogP contribution in [0.2, 0.25) is 0 Å². The molecule has 0 spiro atoms. The van der Waals surface area contributed by atoms with Gasteiger partial charge in [-0.25, -0.2) is 0 Å². The number of rotatable bonds is 7. The van der Waals surface area contributed by atoms with Crippen LogP contribution >= 0.6 is 23.5 Å². The van der Waals surface area contributed by atoms with E-state index in [1.165, 1.54) is 9.79 Å². The minimum Gasteiger partial charge on any atom is -0.390 e. The molecule has 2 aromatic rings. The highest BCUT2D eigenvalue weighted by atomic mass is 32.2. The van der Waals surface area contributed by atoms with E-state index in [1.807, 2.05) is 50.2 Å². The van der Waals surface area contributed by atoms with Crippen LogP contribution in [0.5, 0.6) is 0 Å². The van der Waals surface area contributed by atoms with Crippen molar-refractivity contribution in [2.24, 2.45) is 0 Å². The Kier molecular flexibility index (Phi) is 6.47. The fraction of sp³-hybridized carbons (Fsp3) is 0.400. The molecule has 1 N–H and O–H groups in total. The van der Waals surface area contributed by atoms with Crippen LogP contribution in [0.15, 0.2) is 70.5 Å². The van der Waals surface area contributed by atoms with Crippen LogP contribution in [0.25, 0.3) is 0 Å². The highest BCUT2D eigenvalue weighted by Gasteiger charge is 2.37. The van der Waals surface area contributed by atoms with Gasteiger partial charge in [-0.15, -0.1) is 23.5 Å². The van der Waals surface area contributed by atoms with Crippen LogP contribution in [0.3, 0.4) is 0 Å². The summed E-state index contributed by atoms with van der Waals surface area (Å²) in [5, 5.41) is 10.7. The quantitative estimate of drug-likeness (QED) is 0.555. The Morgan fingerprint density at radius 3 is 1.96 bits per heavy atom. The molecule has 2 atom stereocenters. The smallest absolute Gasteiger partial charge is 0.163 e. The highest BCUT2D eigenvalue weighted by Crippen LogP contribution is 2.39. The zero-order valence-corrected chi connectivity index (χ0v) is 16.1. The fourth-order valence-electron chi connectivity index (χ4n) is 2.68. The van der Waals surface area contributed by atoms with Crippen LogP contribution < -0.4 is 0 Å². The van der Waals surface area contributed by atoms with Gasteiger partial charge in [0.2, 0.25) is 0 Å². The molecule has 0 saturated carbocycles. The molecular weight excluding hydrogens is 352 g/mol. The molecule has 1 aliphatic rings. The van der Waals surface area contributed by atoms with Crippen molar-refractivity contribution < 1.29 is 14.6 Å². The minimum atomic E-state index is -0.611. The van der Waals surface area contributed by atoms with E-state index >= 15 is 0 Å². The maximum absolute atomic E-state index is 10.7. The molecule has 1 heterocycles. The first-order valence-electron chi connectivity index (χ1n) is 8.45. The van der Waals surface area contributed by atoms with Gasteiger partial charge < -0.3 is 14.6 Å². The number of aliphatic hydroxyl groups is 1. The Morgan fingerprint density at radius 1 is 1.00 bits per heavy atom. The van der Waals surface area contributed by atoms with Gasteiger partial charge in [0.25, 0.3) is 0 Å². The molecule has 1 saturated heterocycles. The van der Waals surface area contributed by atoms with Crippen molar-refractivity contribution in [2.45, 2.75) is 52.6 Å². The number of benzene rings is 2. The summed E-state index contributed by atoms with van der Waals surface area (Å²) in [5.41, 5.74) is 0. The van der Waals surface area contributed by atoms with Gasteiger partial charge >= 0.3 is 0 Å². The predicted molar refractivity (Wildman–Crippen MR) is 104 cm³/mol. The first kappa shape index (κ1) is 18.8. The van der Waals surface area contributed by atoms with Gasteiger partial charge in [0, 0.05) is 9.79 Å². The number of thioether (sulfide) groups is 2. The average molecular weight is 377 g/mol. The van der Waals surface area contributed by atoms with Gasteiger partial charge in [0.1, 0.15) is 6.10 Å². The summed E-state index contributed by atoms with van der Waals surface area (Å²) in [4.78, 5) is 2.40. The van der Waals surface area contributed by atoms with E-state index in [-0.39, 0.29) is 10.7 Å². The summed E-state index contributed by atoms with van der Waals surface area (Å²) in [7, 11) is 0. The first-order valence-corrected chi connectivity index (χ1v) is 10.2. The molecule has 3 rings (SSSR count). The maximum Gasteiger partial charge on any atom is 0.163 e. The summed E-state index contributed by atoms with van der Waals surface area (Å²) in [6.07, 6.45) is -0.201. The van der Waals surface area contributed by atoms with Crippen LogP contribution in [0.4, 0.5) is 0 Å². The third-order valence-electron chi connectivity index (χ3n) is 3.91. The zero-order valence-electron chi connectivity index (χ0n) is 14.5. The van der Waals surface area contributed by atoms with Crippen molar-refractivity contribution in [3.8, 4) is 0 Å². The third-order valence-corrected chi connectivity index (χ3v) is 6.49. The lowest BCUT2D eigenvalue weighted by Gasteiger charge is -2.24. The molecule has 0 aliphatic carbocycles. The van der Waals surface area contributed by atoms with E-state index in [4.69, 9.17) is 9.47 Å². The Labute approximate surface area is 158 Å². The van der Waals surface area contributed by atoms with Crippen molar-refractivity contribution >= 4 is 23.5 Å². The largest absolute Gasteiger partial charge is 0.390 e. The van der Waals surface area contributed by atoms with Gasteiger partial charge in [-0.05, 0) is 44.5 Å². The van der Waals surface area contributed by atoms with Gasteiger partial charge in [-0.3, -0.25) is 0 Å². The molecule has 0 radical (unpaired) electrons. The topological polar surface area (TPSA) is 38.7 Å². The molecular formula is C20H24O3S2. The van der Waals surface area contributed by atoms with E-state index < -0.39 is 11.9 Å². The Morgan fingerprint density at radius 2 is 1.52 bits per heavy atom. The third kappa shape index (κ3) is 5.76. The maximum atomic E-state index is 10.7. The van der Waals surface area contributed by atoms with Crippen molar-refractivity contribution in [3.63, 3.8) is 0 Å². The lowest BCUT2D eigenvalue weighted by Crippen LogP contribution is -2.32. The minimum absolute atomic E-state index is 0.187. The van der Waals surface area contributed by atoms with Gasteiger partial charge in [0.05, 0.1) is 17.3 Å². The molecule has 0 aromatic heterocycles. The number of ether oxygens (including phenoxy) is 2. The first-order chi connectivity index (χ1) is 12.0. The normalized spacial score (nSPS) is 20.7. The van der Waals surface area contributed by atoms with E-state index in [2.05, 4.69) is 24.3 Å². The molecule has 0 unspecified atom stereocenters. The Bertz CT molecular complexity index is 607. The summed E-state index contributed by atoms with van der Waals surface area (Å²) in [6, 6.07) is 20.6. The van der Waals surface area contributed by atoms with Crippen molar-refractivity contribution in [1.82, 2.24) is 0 Å². The van der Waals surface area contributed by atoms with Crippen molar-refractivity contribution in [3.05, 3.63) is 60.7 Å². The lowest BCUT2D eigenvalue weighted by atomic mass is 10.2. The molecule has 1 aliphatic heterocycles. The van der Waals surface area contributed by atoms with E-state index in [1.54, 1.807) is 23.5 Å². The summed E-state index contributed by atoms with van der Waals surface area (Å²) >= 11 is 3.55. The zero-order chi connectivity index (χ0) is 17.7. The highest BCUT2D eigenvalue weighted by molar-refractivity contribution is 8.17. The second-order valence-electron chi connectivity index (χ2n) is 6.46. The summed E-state index contributed by atoms with van der Waals surface area (Å²) < 4.78 is 11.6. The van der Waals surface area contributed by atoms with Crippen LogP contribution in [0.1, 0.15) is 20.3 Å². The van der Waals surface area contributed by atoms with E-state index in [0.29, 0.717) is 13.0 Å². The van der Waals surface area contributed by atoms with E-state index in [9.17, 15) is 5.11 Å². The van der Waals surface area contributed by atoms with Gasteiger partial charge in [-0.1, -0.05) is 36.4 Å². The SMILES string of the molecule is CC1(C)OC[C@H]([C@@H](O)CC(Sc2ccccc2)Sc2ccccc2)O1. The average Bonchev–Trinajstić information content (AvgIpc) is 2.97. The molecule has 3 nitrogen and oxygen atoms in total. The van der Waals surface area contributed by atoms with Crippen molar-refractivity contribution in [2.75, 3.05) is 6.61 Å². The number of aliphatic hydroxyl groups excluding tert-OH is 1. The second-order valence-corrected chi connectivity index (χ2v) is 9.31. The molecule has 5 heteroatoms. The number of hydrogen-bond donors (Lipinski definition) is 1. The Hall–Kier alpha value is -0.980. The second kappa shape index (κ2) is 8.60. The van der Waals surface area contributed by atoms with Gasteiger partial charge in [0.15, 0.2) is 5.79 Å². The predicted octanol–water partition coefficient (Wildman–Crippen LogP) is 4.80. The number of hydrogen-bond acceptors (Lipinski definition) is 5. The molecule has 0 amide bonds. The van der Waals surface area contributed by atoms with Crippen LogP contribution in [0, 0.1) is 0 Å². The molecule has 2 aromatic carbocycles. The van der Waals surface area contributed by atoms with Gasteiger partial charge in [-0.2, -0.15) is 0 Å². The molecule has 0 bridgehead atoms. The lowest BCUT2D eigenvalue weighted by molar-refractivity contribution is -0.151. The fourth-order valence-corrected chi connectivity index (χ4v) is 5.36. The van der Waals surface area contributed by atoms with Crippen LogP contribution in [-0.4, -0.2) is 34.3 Å². The Balaban J connectivity index is 1.67. The summed E-state index contributed by atoms with van der Waals surface area (Å²) in [5.74, 6) is -0.611. The molecule has 25 heavy (non-hydrogen) atoms. The van der Waals surface area contributed by atoms with E-state index in [0.717, 1.165) is 0 Å². The monoisotopic (exact) mass is 376 g/mol. The standard InChI is InChI=1S/C20H24O3S2/c1-20(2)22-14-18(23-20)17(21)13-19(24-15-9-5-3-6-10-15)25-16-11-7-4-8-12-16/h3-12,17-19,21H,13-14H2,1-2H3/t17-,18+/m0/s1. The van der Waals surface area contributed by atoms with Crippen LogP contribution in [-0.2, 0) is 9.47 Å². The summed E-state index contributed by atoms with van der Waals surface area (Å²) in [6.45, 7) is 4.20. The molecule has 1 fully saturated rings. The van der Waals surface area contributed by atoms with Crippen molar-refractivity contribution in [1.29, 1.82) is 0 Å². The molecule has 134 valence electrons.